The van der Waals surface area contributed by atoms with Crippen LogP contribution in [0.25, 0.3) is 0 Å². The Kier molecular flexibility index (Phi) is 6.11. The minimum Gasteiger partial charge on any atom is -0.340 e. The van der Waals surface area contributed by atoms with Gasteiger partial charge in [-0.2, -0.15) is 4.31 Å². The molecular weight excluding hydrogens is 368 g/mol. The fourth-order valence-electron chi connectivity index (χ4n) is 3.12. The predicted molar refractivity (Wildman–Crippen MR) is 104 cm³/mol. The first kappa shape index (κ1) is 19.1. The predicted octanol–water partition coefficient (Wildman–Crippen LogP) is 2.78. The Morgan fingerprint density at radius 1 is 1.08 bits per heavy atom. The molecule has 0 atom stereocenters. The summed E-state index contributed by atoms with van der Waals surface area (Å²) in [5.74, 6) is 0.0633. The standard InChI is InChI=1S/C19H24N2O3S2/c1-2-4-16-6-8-18(9-7-16)26(23,24)21-12-10-20(11-13-21)19(22)15-17-5-3-14-25-17/h3,5-9,14H,2,4,10-13,15H2,1H3. The number of hydrogen-bond donors (Lipinski definition) is 0. The third-order valence-electron chi connectivity index (χ3n) is 4.60. The molecule has 26 heavy (non-hydrogen) atoms. The Morgan fingerprint density at radius 2 is 1.77 bits per heavy atom. The molecule has 2 heterocycles. The van der Waals surface area contributed by atoms with Gasteiger partial charge in [-0.15, -0.1) is 11.3 Å². The fourth-order valence-corrected chi connectivity index (χ4v) is 5.24. The molecule has 2 aromatic rings. The molecule has 1 aromatic carbocycles. The molecule has 3 rings (SSSR count). The SMILES string of the molecule is CCCc1ccc(S(=O)(=O)N2CCN(C(=O)Cc3cccs3)CC2)cc1. The highest BCUT2D eigenvalue weighted by Gasteiger charge is 2.30. The second-order valence-electron chi connectivity index (χ2n) is 6.43. The van der Waals surface area contributed by atoms with Gasteiger partial charge in [0.1, 0.15) is 0 Å². The first-order valence-electron chi connectivity index (χ1n) is 8.90. The molecule has 0 N–H and O–H groups in total. The van der Waals surface area contributed by atoms with E-state index in [9.17, 15) is 13.2 Å². The summed E-state index contributed by atoms with van der Waals surface area (Å²) in [5.41, 5.74) is 1.15. The van der Waals surface area contributed by atoms with Crippen LogP contribution in [0.2, 0.25) is 0 Å². The largest absolute Gasteiger partial charge is 0.340 e. The Hall–Kier alpha value is -1.70. The van der Waals surface area contributed by atoms with Crippen molar-refractivity contribution in [2.24, 2.45) is 0 Å². The molecule has 1 aromatic heterocycles. The van der Waals surface area contributed by atoms with Crippen LogP contribution >= 0.6 is 11.3 Å². The Bertz CT molecular complexity index is 822. The van der Waals surface area contributed by atoms with E-state index in [0.717, 1.165) is 23.3 Å². The molecule has 0 bridgehead atoms. The van der Waals surface area contributed by atoms with E-state index in [1.807, 2.05) is 29.6 Å². The number of rotatable bonds is 6. The first-order valence-corrected chi connectivity index (χ1v) is 11.2. The molecule has 0 unspecified atom stereocenters. The summed E-state index contributed by atoms with van der Waals surface area (Å²) in [6, 6.07) is 11.0. The van der Waals surface area contributed by atoms with Gasteiger partial charge >= 0.3 is 0 Å². The maximum atomic E-state index is 12.8. The van der Waals surface area contributed by atoms with E-state index in [1.165, 1.54) is 4.31 Å². The third kappa shape index (κ3) is 4.34. The topological polar surface area (TPSA) is 57.7 Å². The quantitative estimate of drug-likeness (QED) is 0.760. The van der Waals surface area contributed by atoms with Crippen LogP contribution < -0.4 is 0 Å². The average molecular weight is 393 g/mol. The second kappa shape index (κ2) is 8.33. The van der Waals surface area contributed by atoms with Crippen molar-refractivity contribution in [3.05, 3.63) is 52.2 Å². The Balaban J connectivity index is 1.60. The van der Waals surface area contributed by atoms with Gasteiger partial charge in [0.25, 0.3) is 0 Å². The maximum absolute atomic E-state index is 12.8. The fraction of sp³-hybridized carbons (Fsp3) is 0.421. The van der Waals surface area contributed by atoms with Crippen LogP contribution in [0.5, 0.6) is 0 Å². The molecule has 0 spiro atoms. The van der Waals surface area contributed by atoms with Gasteiger partial charge in [0, 0.05) is 31.1 Å². The van der Waals surface area contributed by atoms with Gasteiger partial charge in [-0.05, 0) is 35.6 Å². The molecule has 140 valence electrons. The lowest BCUT2D eigenvalue weighted by atomic mass is 10.1. The number of sulfonamides is 1. The third-order valence-corrected chi connectivity index (χ3v) is 7.39. The van der Waals surface area contributed by atoms with Crippen LogP contribution in [0.1, 0.15) is 23.8 Å². The molecule has 0 saturated carbocycles. The number of thiophene rings is 1. The number of piperazine rings is 1. The minimum absolute atomic E-state index is 0.0633. The highest BCUT2D eigenvalue weighted by Crippen LogP contribution is 2.19. The van der Waals surface area contributed by atoms with Gasteiger partial charge in [0.15, 0.2) is 0 Å². The normalized spacial score (nSPS) is 16.0. The Morgan fingerprint density at radius 3 is 2.35 bits per heavy atom. The summed E-state index contributed by atoms with van der Waals surface area (Å²) in [7, 11) is -3.50. The van der Waals surface area contributed by atoms with Crippen molar-refractivity contribution >= 4 is 27.3 Å². The Labute approximate surface area is 159 Å². The zero-order chi connectivity index (χ0) is 18.6. The van der Waals surface area contributed by atoms with E-state index in [1.54, 1.807) is 28.4 Å². The summed E-state index contributed by atoms with van der Waals surface area (Å²) in [5, 5.41) is 1.96. The number of hydrogen-bond acceptors (Lipinski definition) is 4. The summed E-state index contributed by atoms with van der Waals surface area (Å²) in [6.45, 7) is 3.67. The first-order chi connectivity index (χ1) is 12.5. The number of nitrogens with zero attached hydrogens (tertiary/aromatic N) is 2. The van der Waals surface area contributed by atoms with Crippen LogP contribution in [0, 0.1) is 0 Å². The molecule has 1 aliphatic rings. The number of benzene rings is 1. The lowest BCUT2D eigenvalue weighted by molar-refractivity contribution is -0.131. The van der Waals surface area contributed by atoms with Gasteiger partial charge in [-0.1, -0.05) is 31.5 Å². The van der Waals surface area contributed by atoms with Crippen LogP contribution in [-0.4, -0.2) is 49.7 Å². The number of aryl methyl sites for hydroxylation is 1. The zero-order valence-corrected chi connectivity index (χ0v) is 16.6. The average Bonchev–Trinajstić information content (AvgIpc) is 3.15. The van der Waals surface area contributed by atoms with Crippen LogP contribution in [0.4, 0.5) is 0 Å². The smallest absolute Gasteiger partial charge is 0.243 e. The number of amides is 1. The summed E-state index contributed by atoms with van der Waals surface area (Å²) < 4.78 is 27.1. The lowest BCUT2D eigenvalue weighted by Gasteiger charge is -2.34. The van der Waals surface area contributed by atoms with Crippen molar-refractivity contribution in [1.82, 2.24) is 9.21 Å². The van der Waals surface area contributed by atoms with Crippen LogP contribution in [0.3, 0.4) is 0 Å². The molecule has 1 fully saturated rings. The monoisotopic (exact) mass is 392 g/mol. The molecular formula is C19H24N2O3S2. The minimum atomic E-state index is -3.50. The molecule has 0 aliphatic carbocycles. The van der Waals surface area contributed by atoms with E-state index in [0.29, 0.717) is 37.5 Å². The molecule has 1 amide bonds. The van der Waals surface area contributed by atoms with E-state index in [-0.39, 0.29) is 5.91 Å². The highest BCUT2D eigenvalue weighted by molar-refractivity contribution is 7.89. The lowest BCUT2D eigenvalue weighted by Crippen LogP contribution is -2.50. The highest BCUT2D eigenvalue weighted by atomic mass is 32.2. The van der Waals surface area contributed by atoms with Gasteiger partial charge < -0.3 is 4.90 Å². The van der Waals surface area contributed by atoms with E-state index in [4.69, 9.17) is 0 Å². The van der Waals surface area contributed by atoms with E-state index < -0.39 is 10.0 Å². The maximum Gasteiger partial charge on any atom is 0.243 e. The van der Waals surface area contributed by atoms with Crippen molar-refractivity contribution in [2.45, 2.75) is 31.1 Å². The molecule has 0 radical (unpaired) electrons. The van der Waals surface area contributed by atoms with Crippen molar-refractivity contribution in [3.63, 3.8) is 0 Å². The van der Waals surface area contributed by atoms with Crippen molar-refractivity contribution < 1.29 is 13.2 Å². The van der Waals surface area contributed by atoms with Crippen molar-refractivity contribution in [2.75, 3.05) is 26.2 Å². The van der Waals surface area contributed by atoms with Crippen molar-refractivity contribution in [1.29, 1.82) is 0 Å². The molecule has 5 nitrogen and oxygen atoms in total. The van der Waals surface area contributed by atoms with Crippen LogP contribution in [0.15, 0.2) is 46.7 Å². The zero-order valence-electron chi connectivity index (χ0n) is 14.9. The summed E-state index contributed by atoms with van der Waals surface area (Å²) in [4.78, 5) is 15.5. The van der Waals surface area contributed by atoms with E-state index >= 15 is 0 Å². The summed E-state index contributed by atoms with van der Waals surface area (Å²) in [6.07, 6.45) is 2.38. The van der Waals surface area contributed by atoms with E-state index in [2.05, 4.69) is 6.92 Å². The van der Waals surface area contributed by atoms with Crippen LogP contribution in [-0.2, 0) is 27.7 Å². The number of carbonyl (C=O) groups excluding carboxylic acids is 1. The van der Waals surface area contributed by atoms with Gasteiger partial charge in [-0.3, -0.25) is 4.79 Å². The van der Waals surface area contributed by atoms with Crippen molar-refractivity contribution in [3.8, 4) is 0 Å². The van der Waals surface area contributed by atoms with Gasteiger partial charge in [0.2, 0.25) is 15.9 Å². The second-order valence-corrected chi connectivity index (χ2v) is 9.41. The van der Waals surface area contributed by atoms with Gasteiger partial charge in [0.05, 0.1) is 11.3 Å². The molecule has 1 saturated heterocycles. The summed E-state index contributed by atoms with van der Waals surface area (Å²) >= 11 is 1.57. The van der Waals surface area contributed by atoms with Gasteiger partial charge in [-0.25, -0.2) is 8.42 Å². The molecule has 7 heteroatoms. The number of carbonyl (C=O) groups is 1. The molecule has 1 aliphatic heterocycles.